The number of rotatable bonds is 7. The van der Waals surface area contributed by atoms with Gasteiger partial charge in [-0.15, -0.1) is 0 Å². The summed E-state index contributed by atoms with van der Waals surface area (Å²) in [6, 6.07) is 4.79. The first-order valence-electron chi connectivity index (χ1n) is 8.47. The van der Waals surface area contributed by atoms with Crippen molar-refractivity contribution in [3.8, 4) is 0 Å². The molecule has 1 aromatic carbocycles. The van der Waals surface area contributed by atoms with Gasteiger partial charge < -0.3 is 4.90 Å². The first kappa shape index (κ1) is 17.9. The Balaban J connectivity index is 2.16. The van der Waals surface area contributed by atoms with Gasteiger partial charge in [-0.3, -0.25) is 14.9 Å². The average molecular weight is 332 g/mol. The number of carbonyl (C=O) groups is 1. The highest BCUT2D eigenvalue weighted by molar-refractivity contribution is 5.90. The molecule has 24 heavy (non-hydrogen) atoms. The van der Waals surface area contributed by atoms with Crippen molar-refractivity contribution in [1.29, 1.82) is 0 Å². The minimum atomic E-state index is -0.419. The van der Waals surface area contributed by atoms with Gasteiger partial charge in [0.05, 0.1) is 11.1 Å². The van der Waals surface area contributed by atoms with Crippen LogP contribution < -0.4 is 10.3 Å². The number of amides is 1. The topological polar surface area (TPSA) is 87.8 Å². The first-order chi connectivity index (χ1) is 11.6. The molecule has 0 aliphatic carbocycles. The highest BCUT2D eigenvalue weighted by Crippen LogP contribution is 2.26. The zero-order valence-electron chi connectivity index (χ0n) is 14.0. The molecule has 1 amide bonds. The van der Waals surface area contributed by atoms with E-state index in [2.05, 4.69) is 15.4 Å². The van der Waals surface area contributed by atoms with Crippen molar-refractivity contribution in [3.05, 3.63) is 33.9 Å². The Morgan fingerprint density at radius 2 is 2.12 bits per heavy atom. The van der Waals surface area contributed by atoms with Gasteiger partial charge in [0, 0.05) is 42.9 Å². The highest BCUT2D eigenvalue weighted by Gasteiger charge is 2.17. The predicted octanol–water partition coefficient (Wildman–Crippen LogP) is 3.23. The number of carbonyl (C=O) groups excluding carboxylic acids is 1. The summed E-state index contributed by atoms with van der Waals surface area (Å²) in [5.41, 5.74) is 4.09. The van der Waals surface area contributed by atoms with Crippen molar-refractivity contribution in [2.24, 2.45) is 5.10 Å². The molecule has 1 N–H and O–H groups in total. The van der Waals surface area contributed by atoms with Gasteiger partial charge in [0.25, 0.3) is 5.69 Å². The first-order valence-corrected chi connectivity index (χ1v) is 8.47. The summed E-state index contributed by atoms with van der Waals surface area (Å²) >= 11 is 0. The SMILES string of the molecule is CCCCC(=O)N/N=C/c1cc([N+](=O)[O-])ccc1N1CCCCC1. The molecule has 1 aliphatic rings. The van der Waals surface area contributed by atoms with Crippen molar-refractivity contribution in [3.63, 3.8) is 0 Å². The number of nitrogens with one attached hydrogen (secondary N) is 1. The molecule has 2 rings (SSSR count). The molecule has 0 radical (unpaired) electrons. The van der Waals surface area contributed by atoms with Crippen molar-refractivity contribution >= 4 is 23.5 Å². The summed E-state index contributed by atoms with van der Waals surface area (Å²) in [6.45, 7) is 3.88. The summed E-state index contributed by atoms with van der Waals surface area (Å²) in [6.07, 6.45) is 7.13. The minimum absolute atomic E-state index is 0.0227. The number of nitro groups is 1. The molecule has 130 valence electrons. The molecular formula is C17H24N4O3. The molecule has 0 bridgehead atoms. The summed E-state index contributed by atoms with van der Waals surface area (Å²) in [5.74, 6) is -0.141. The van der Waals surface area contributed by atoms with Crippen LogP contribution in [0.15, 0.2) is 23.3 Å². The van der Waals surface area contributed by atoms with E-state index in [1.165, 1.54) is 24.8 Å². The van der Waals surface area contributed by atoms with Gasteiger partial charge in [-0.25, -0.2) is 5.43 Å². The number of hydrogen-bond acceptors (Lipinski definition) is 5. The summed E-state index contributed by atoms with van der Waals surface area (Å²) in [7, 11) is 0. The summed E-state index contributed by atoms with van der Waals surface area (Å²) in [4.78, 5) is 24.4. The fourth-order valence-corrected chi connectivity index (χ4v) is 2.75. The Kier molecular flexibility index (Phi) is 6.72. The zero-order valence-corrected chi connectivity index (χ0v) is 14.0. The molecular weight excluding hydrogens is 308 g/mol. The third-order valence-electron chi connectivity index (χ3n) is 4.07. The van der Waals surface area contributed by atoms with Crippen molar-refractivity contribution in [1.82, 2.24) is 5.43 Å². The zero-order chi connectivity index (χ0) is 17.4. The number of hydrogen-bond donors (Lipinski definition) is 1. The van der Waals surface area contributed by atoms with E-state index < -0.39 is 4.92 Å². The molecule has 1 saturated heterocycles. The standard InChI is InChI=1S/C17H24N4O3/c1-2-3-7-17(22)19-18-13-14-12-15(21(23)24)8-9-16(14)20-10-5-4-6-11-20/h8-9,12-13H,2-7,10-11H2,1H3,(H,19,22)/b18-13+. The number of benzene rings is 1. The van der Waals surface area contributed by atoms with Crippen LogP contribution in [0.4, 0.5) is 11.4 Å². The number of unbranched alkanes of at least 4 members (excludes halogenated alkanes) is 1. The van der Waals surface area contributed by atoms with E-state index in [0.29, 0.717) is 12.0 Å². The van der Waals surface area contributed by atoms with Gasteiger partial charge in [0.15, 0.2) is 0 Å². The van der Waals surface area contributed by atoms with E-state index in [4.69, 9.17) is 0 Å². The third-order valence-corrected chi connectivity index (χ3v) is 4.07. The van der Waals surface area contributed by atoms with E-state index >= 15 is 0 Å². The van der Waals surface area contributed by atoms with Crippen LogP contribution >= 0.6 is 0 Å². The lowest BCUT2D eigenvalue weighted by Crippen LogP contribution is -2.30. The molecule has 7 nitrogen and oxygen atoms in total. The Bertz CT molecular complexity index is 610. The number of nitrogens with zero attached hydrogens (tertiary/aromatic N) is 3. The van der Waals surface area contributed by atoms with Crippen LogP contribution in [0, 0.1) is 10.1 Å². The molecule has 1 heterocycles. The van der Waals surface area contributed by atoms with Crippen LogP contribution in [0.2, 0.25) is 0 Å². The molecule has 1 aromatic rings. The van der Waals surface area contributed by atoms with Crippen LogP contribution in [0.25, 0.3) is 0 Å². The van der Waals surface area contributed by atoms with Gasteiger partial charge >= 0.3 is 0 Å². The fourth-order valence-electron chi connectivity index (χ4n) is 2.75. The average Bonchev–Trinajstić information content (AvgIpc) is 2.60. The number of nitro benzene ring substituents is 1. The monoisotopic (exact) mass is 332 g/mol. The van der Waals surface area contributed by atoms with E-state index in [9.17, 15) is 14.9 Å². The van der Waals surface area contributed by atoms with Gasteiger partial charge in [-0.1, -0.05) is 13.3 Å². The molecule has 7 heteroatoms. The predicted molar refractivity (Wildman–Crippen MR) is 94.4 cm³/mol. The maximum atomic E-state index is 11.6. The van der Waals surface area contributed by atoms with E-state index in [-0.39, 0.29) is 11.6 Å². The fraction of sp³-hybridized carbons (Fsp3) is 0.529. The van der Waals surface area contributed by atoms with Crippen molar-refractivity contribution in [2.75, 3.05) is 18.0 Å². The van der Waals surface area contributed by atoms with Crippen LogP contribution in [-0.4, -0.2) is 30.1 Å². The largest absolute Gasteiger partial charge is 0.371 e. The van der Waals surface area contributed by atoms with Crippen LogP contribution in [0.1, 0.15) is 51.0 Å². The van der Waals surface area contributed by atoms with Gasteiger partial charge in [-0.2, -0.15) is 5.10 Å². The second kappa shape index (κ2) is 9.00. The van der Waals surface area contributed by atoms with Crippen molar-refractivity contribution in [2.45, 2.75) is 45.4 Å². The number of non-ortho nitro benzene ring substituents is 1. The lowest BCUT2D eigenvalue weighted by molar-refractivity contribution is -0.384. The Morgan fingerprint density at radius 3 is 2.79 bits per heavy atom. The molecule has 0 spiro atoms. The van der Waals surface area contributed by atoms with Crippen LogP contribution in [0.5, 0.6) is 0 Å². The van der Waals surface area contributed by atoms with E-state index in [0.717, 1.165) is 44.5 Å². The van der Waals surface area contributed by atoms with E-state index in [1.54, 1.807) is 6.07 Å². The molecule has 1 fully saturated rings. The van der Waals surface area contributed by atoms with Crippen LogP contribution in [-0.2, 0) is 4.79 Å². The quantitative estimate of drug-likeness (QED) is 0.472. The second-order valence-electron chi connectivity index (χ2n) is 5.94. The maximum absolute atomic E-state index is 11.6. The molecule has 0 atom stereocenters. The maximum Gasteiger partial charge on any atom is 0.270 e. The summed E-state index contributed by atoms with van der Waals surface area (Å²) in [5, 5.41) is 15.0. The smallest absolute Gasteiger partial charge is 0.270 e. The lowest BCUT2D eigenvalue weighted by atomic mass is 10.1. The van der Waals surface area contributed by atoms with Crippen molar-refractivity contribution < 1.29 is 9.72 Å². The minimum Gasteiger partial charge on any atom is -0.371 e. The molecule has 0 saturated carbocycles. The third kappa shape index (κ3) is 5.04. The summed E-state index contributed by atoms with van der Waals surface area (Å²) < 4.78 is 0. The van der Waals surface area contributed by atoms with Gasteiger partial charge in [-0.05, 0) is 31.7 Å². The Hall–Kier alpha value is -2.44. The van der Waals surface area contributed by atoms with Gasteiger partial charge in [0.2, 0.25) is 5.91 Å². The second-order valence-corrected chi connectivity index (χ2v) is 5.94. The molecule has 1 aliphatic heterocycles. The highest BCUT2D eigenvalue weighted by atomic mass is 16.6. The number of anilines is 1. The Morgan fingerprint density at radius 1 is 1.38 bits per heavy atom. The molecule has 0 aromatic heterocycles. The van der Waals surface area contributed by atoms with Gasteiger partial charge in [0.1, 0.15) is 0 Å². The lowest BCUT2D eigenvalue weighted by Gasteiger charge is -2.29. The Labute approximate surface area is 141 Å². The van der Waals surface area contributed by atoms with Crippen LogP contribution in [0.3, 0.4) is 0 Å². The number of hydrazone groups is 1. The van der Waals surface area contributed by atoms with E-state index in [1.807, 2.05) is 6.92 Å². The molecule has 0 unspecified atom stereocenters. The number of piperidine rings is 1. The normalized spacial score (nSPS) is 14.8.